The topological polar surface area (TPSA) is 89.3 Å². The first-order valence-corrected chi connectivity index (χ1v) is 6.14. The molecule has 19 heavy (non-hydrogen) atoms. The summed E-state index contributed by atoms with van der Waals surface area (Å²) in [6.07, 6.45) is 2.34. The van der Waals surface area contributed by atoms with E-state index >= 15 is 0 Å². The zero-order valence-corrected chi connectivity index (χ0v) is 10.6. The van der Waals surface area contributed by atoms with Crippen LogP contribution in [0.3, 0.4) is 0 Å². The summed E-state index contributed by atoms with van der Waals surface area (Å²) in [6.45, 7) is 3.13. The third-order valence-electron chi connectivity index (χ3n) is 3.33. The average molecular weight is 268 g/mol. The third kappa shape index (κ3) is 2.99. The van der Waals surface area contributed by atoms with Gasteiger partial charge in [0, 0.05) is 25.3 Å². The summed E-state index contributed by atoms with van der Waals surface area (Å²) in [5.41, 5.74) is 2.03. The molecule has 0 aliphatic carbocycles. The summed E-state index contributed by atoms with van der Waals surface area (Å²) in [7, 11) is 0. The highest BCUT2D eigenvalue weighted by atomic mass is 19.1. The van der Waals surface area contributed by atoms with E-state index in [1.165, 1.54) is 12.3 Å². The summed E-state index contributed by atoms with van der Waals surface area (Å²) >= 11 is 0. The van der Waals surface area contributed by atoms with Crippen molar-refractivity contribution < 1.29 is 13.9 Å². The number of halogens is 1. The van der Waals surface area contributed by atoms with Crippen LogP contribution in [-0.4, -0.2) is 30.1 Å². The minimum Gasteiger partial charge on any atom is -0.378 e. The second-order valence-electron chi connectivity index (χ2n) is 4.50. The van der Waals surface area contributed by atoms with Gasteiger partial charge in [-0.3, -0.25) is 4.79 Å². The smallest absolute Gasteiger partial charge is 0.254 e. The highest BCUT2D eigenvalue weighted by Crippen LogP contribution is 2.20. The van der Waals surface area contributed by atoms with Gasteiger partial charge in [0.05, 0.1) is 11.7 Å². The van der Waals surface area contributed by atoms with Gasteiger partial charge in [-0.15, -0.1) is 0 Å². The van der Waals surface area contributed by atoms with E-state index in [-0.39, 0.29) is 23.4 Å². The van der Waals surface area contributed by atoms with E-state index in [2.05, 4.69) is 15.7 Å². The molecule has 104 valence electrons. The van der Waals surface area contributed by atoms with Crippen molar-refractivity contribution in [1.29, 1.82) is 0 Å². The van der Waals surface area contributed by atoms with Crippen LogP contribution in [0, 0.1) is 11.7 Å². The Labute approximate surface area is 110 Å². The van der Waals surface area contributed by atoms with Gasteiger partial charge in [-0.05, 0) is 19.4 Å². The molecule has 0 radical (unpaired) electrons. The average Bonchev–Trinajstić information content (AvgIpc) is 2.82. The normalized spacial score (nSPS) is 22.3. The van der Waals surface area contributed by atoms with E-state index in [4.69, 9.17) is 10.6 Å². The van der Waals surface area contributed by atoms with E-state index in [0.29, 0.717) is 13.2 Å². The summed E-state index contributed by atoms with van der Waals surface area (Å²) in [4.78, 5) is 15.6. The minimum absolute atomic E-state index is 0.0745. The van der Waals surface area contributed by atoms with Crippen LogP contribution in [0.4, 0.5) is 10.2 Å². The Bertz CT molecular complexity index is 469. The van der Waals surface area contributed by atoms with Crippen LogP contribution in [0.15, 0.2) is 12.3 Å². The summed E-state index contributed by atoms with van der Waals surface area (Å²) in [5, 5.41) is 2.71. The number of hydrogen-bond donors (Lipinski definition) is 3. The second-order valence-corrected chi connectivity index (χ2v) is 4.50. The molecule has 7 heteroatoms. The van der Waals surface area contributed by atoms with Crippen molar-refractivity contribution in [2.45, 2.75) is 19.4 Å². The molecule has 1 aromatic rings. The molecule has 1 saturated heterocycles. The Balaban J connectivity index is 2.00. The molecule has 0 saturated carbocycles. The number of hydrogen-bond acceptors (Lipinski definition) is 5. The molecular weight excluding hydrogens is 251 g/mol. The van der Waals surface area contributed by atoms with Crippen molar-refractivity contribution >= 4 is 11.7 Å². The number of hydrazine groups is 1. The fraction of sp³-hybridized carbons (Fsp3) is 0.500. The van der Waals surface area contributed by atoms with Crippen LogP contribution in [0.5, 0.6) is 0 Å². The van der Waals surface area contributed by atoms with Gasteiger partial charge < -0.3 is 15.5 Å². The minimum atomic E-state index is -0.752. The SMILES string of the molecule is CC1OCCC1CNC(=O)c1ccnc(NN)c1F. The lowest BCUT2D eigenvalue weighted by Gasteiger charge is -2.15. The highest BCUT2D eigenvalue weighted by Gasteiger charge is 2.25. The van der Waals surface area contributed by atoms with Gasteiger partial charge in [-0.1, -0.05) is 0 Å². The Morgan fingerprint density at radius 1 is 1.68 bits per heavy atom. The van der Waals surface area contributed by atoms with Crippen LogP contribution in [0.1, 0.15) is 23.7 Å². The number of carbonyl (C=O) groups is 1. The van der Waals surface area contributed by atoms with Gasteiger partial charge in [0.1, 0.15) is 0 Å². The maximum Gasteiger partial charge on any atom is 0.254 e. The molecule has 2 rings (SSSR count). The van der Waals surface area contributed by atoms with Gasteiger partial charge in [-0.25, -0.2) is 15.2 Å². The Kier molecular flexibility index (Phi) is 4.28. The van der Waals surface area contributed by atoms with Gasteiger partial charge in [0.25, 0.3) is 5.91 Å². The summed E-state index contributed by atoms with van der Waals surface area (Å²) in [5.74, 6) is 4.00. The molecule has 0 spiro atoms. The number of aromatic nitrogens is 1. The van der Waals surface area contributed by atoms with E-state index in [9.17, 15) is 9.18 Å². The van der Waals surface area contributed by atoms with Crippen LogP contribution in [0.2, 0.25) is 0 Å². The molecule has 1 amide bonds. The molecule has 2 unspecified atom stereocenters. The lowest BCUT2D eigenvalue weighted by atomic mass is 10.0. The van der Waals surface area contributed by atoms with Crippen LogP contribution in [-0.2, 0) is 4.74 Å². The quantitative estimate of drug-likeness (QED) is 0.551. The maximum absolute atomic E-state index is 13.8. The first-order chi connectivity index (χ1) is 9.13. The van der Waals surface area contributed by atoms with Crippen molar-refractivity contribution in [2.75, 3.05) is 18.6 Å². The molecule has 0 aromatic carbocycles. The molecule has 1 aromatic heterocycles. The number of amides is 1. The number of nitrogen functional groups attached to an aromatic ring is 1. The molecule has 0 bridgehead atoms. The van der Waals surface area contributed by atoms with Gasteiger partial charge >= 0.3 is 0 Å². The van der Waals surface area contributed by atoms with E-state index in [1.54, 1.807) is 0 Å². The molecule has 4 N–H and O–H groups in total. The number of rotatable bonds is 4. The Morgan fingerprint density at radius 2 is 2.47 bits per heavy atom. The van der Waals surface area contributed by atoms with Gasteiger partial charge in [0.2, 0.25) is 0 Å². The molecule has 6 nitrogen and oxygen atoms in total. The predicted molar refractivity (Wildman–Crippen MR) is 67.9 cm³/mol. The van der Waals surface area contributed by atoms with Gasteiger partial charge in [-0.2, -0.15) is 0 Å². The first-order valence-electron chi connectivity index (χ1n) is 6.14. The molecular formula is C12H17FN4O2. The lowest BCUT2D eigenvalue weighted by Crippen LogP contribution is -2.32. The fourth-order valence-electron chi connectivity index (χ4n) is 2.08. The standard InChI is InChI=1S/C12H17FN4O2/c1-7-8(3-5-19-7)6-16-12(18)9-2-4-15-11(17-14)10(9)13/h2,4,7-8H,3,5-6,14H2,1H3,(H,15,17)(H,16,18). The number of ether oxygens (including phenoxy) is 1. The van der Waals surface area contributed by atoms with E-state index in [0.717, 1.165) is 6.42 Å². The largest absolute Gasteiger partial charge is 0.378 e. The molecule has 2 atom stereocenters. The zero-order valence-electron chi connectivity index (χ0n) is 10.6. The number of nitrogens with zero attached hydrogens (tertiary/aromatic N) is 1. The highest BCUT2D eigenvalue weighted by molar-refractivity contribution is 5.95. The summed E-state index contributed by atoms with van der Waals surface area (Å²) in [6, 6.07) is 1.32. The van der Waals surface area contributed by atoms with Crippen molar-refractivity contribution in [3.63, 3.8) is 0 Å². The van der Waals surface area contributed by atoms with E-state index < -0.39 is 11.7 Å². The summed E-state index contributed by atoms with van der Waals surface area (Å²) < 4.78 is 19.2. The van der Waals surface area contributed by atoms with Gasteiger partial charge in [0.15, 0.2) is 11.6 Å². The lowest BCUT2D eigenvalue weighted by molar-refractivity contribution is 0.0904. The number of anilines is 1. The van der Waals surface area contributed by atoms with Crippen molar-refractivity contribution in [2.24, 2.45) is 11.8 Å². The predicted octanol–water partition coefficient (Wildman–Crippen LogP) is 0.661. The number of pyridine rings is 1. The van der Waals surface area contributed by atoms with Crippen LogP contribution < -0.4 is 16.6 Å². The third-order valence-corrected chi connectivity index (χ3v) is 3.33. The van der Waals surface area contributed by atoms with Crippen molar-refractivity contribution in [3.8, 4) is 0 Å². The maximum atomic E-state index is 13.8. The van der Waals surface area contributed by atoms with Crippen LogP contribution in [0.25, 0.3) is 0 Å². The Hall–Kier alpha value is -1.73. The second kappa shape index (κ2) is 5.94. The Morgan fingerprint density at radius 3 is 3.11 bits per heavy atom. The van der Waals surface area contributed by atoms with Crippen molar-refractivity contribution in [3.05, 3.63) is 23.6 Å². The monoisotopic (exact) mass is 268 g/mol. The number of nitrogens with one attached hydrogen (secondary N) is 2. The molecule has 1 fully saturated rings. The molecule has 2 heterocycles. The fourth-order valence-corrected chi connectivity index (χ4v) is 2.08. The molecule has 1 aliphatic rings. The number of nitrogens with two attached hydrogens (primary N) is 1. The van der Waals surface area contributed by atoms with Crippen molar-refractivity contribution in [1.82, 2.24) is 10.3 Å². The number of carbonyl (C=O) groups excluding carboxylic acids is 1. The first kappa shape index (κ1) is 13.7. The van der Waals surface area contributed by atoms with E-state index in [1.807, 2.05) is 6.92 Å². The molecule has 1 aliphatic heterocycles. The zero-order chi connectivity index (χ0) is 13.8. The van der Waals surface area contributed by atoms with Crippen LogP contribution >= 0.6 is 0 Å².